The zero-order valence-electron chi connectivity index (χ0n) is 33.9. The maximum atomic E-state index is 2.58. The van der Waals surface area contributed by atoms with Crippen molar-refractivity contribution in [2.75, 3.05) is 9.80 Å². The maximum Gasteiger partial charge on any atom is 0.0465 e. The molecule has 0 amide bonds. The predicted octanol–water partition coefficient (Wildman–Crippen LogP) is 15.2. The quantitative estimate of drug-likeness (QED) is 0.160. The molecule has 1 atom stereocenters. The Hall–Kier alpha value is -5.86. The van der Waals surface area contributed by atoms with Gasteiger partial charge in [-0.2, -0.15) is 0 Å². The number of anilines is 6. The Labute approximate surface area is 344 Å². The van der Waals surface area contributed by atoms with Crippen LogP contribution in [0.15, 0.2) is 164 Å². The third kappa shape index (κ3) is 5.67. The maximum absolute atomic E-state index is 2.58. The minimum absolute atomic E-state index is 0.00614. The standard InChI is InChI=1S/C56H52N2/c1-55(2)51-21-13-12-20-49(51)50-31-30-48(38-54(50)55)58(45-26-22-40(23-27-45)39-14-6-3-7-15-39)47-29-25-42-33-35-56(53(42)37-47)34-32-41-24-28-46(36-52(41)56)57(43-16-8-4-9-17-43)44-18-10-5-11-19-44/h4-5,8-13,16-31,36-39H,3,6-7,14-15,32-35H2,1-2H3/t56-/m1/s1. The van der Waals surface area contributed by atoms with E-state index in [1.54, 1.807) is 0 Å². The molecule has 286 valence electrons. The summed E-state index contributed by atoms with van der Waals surface area (Å²) in [6.07, 6.45) is 11.2. The molecule has 0 aromatic heterocycles. The monoisotopic (exact) mass is 752 g/mol. The molecule has 0 unspecified atom stereocenters. The summed E-state index contributed by atoms with van der Waals surface area (Å²) in [6.45, 7) is 4.79. The number of fused-ring (bicyclic) bond motifs is 7. The van der Waals surface area contributed by atoms with Gasteiger partial charge in [-0.3, -0.25) is 0 Å². The zero-order chi connectivity index (χ0) is 38.8. The molecule has 1 saturated carbocycles. The average Bonchev–Trinajstić information content (AvgIpc) is 3.91. The van der Waals surface area contributed by atoms with Crippen molar-refractivity contribution in [2.24, 2.45) is 0 Å². The fourth-order valence-corrected chi connectivity index (χ4v) is 11.5. The van der Waals surface area contributed by atoms with Crippen molar-refractivity contribution < 1.29 is 0 Å². The number of rotatable bonds is 7. The first kappa shape index (κ1) is 35.3. The molecule has 11 rings (SSSR count). The number of nitrogens with zero attached hydrogens (tertiary/aromatic N) is 2. The van der Waals surface area contributed by atoms with E-state index in [1.807, 2.05) is 0 Å². The molecule has 1 fully saturated rings. The highest BCUT2D eigenvalue weighted by Crippen LogP contribution is 2.56. The van der Waals surface area contributed by atoms with E-state index in [0.29, 0.717) is 5.92 Å². The van der Waals surface area contributed by atoms with Gasteiger partial charge in [0.1, 0.15) is 0 Å². The SMILES string of the molecule is CC1(C)c2ccccc2-c2ccc(N(c3ccc(C4CCCCC4)cc3)c3ccc4c(c3)[C@]3(CCc5ccc(N(c6ccccc6)c6ccccc6)cc53)CC4)cc21. The van der Waals surface area contributed by atoms with Gasteiger partial charge in [0.2, 0.25) is 0 Å². The molecule has 7 aromatic rings. The summed E-state index contributed by atoms with van der Waals surface area (Å²) in [7, 11) is 0. The van der Waals surface area contributed by atoms with Crippen LogP contribution in [0.2, 0.25) is 0 Å². The third-order valence-electron chi connectivity index (χ3n) is 14.5. The van der Waals surface area contributed by atoms with Crippen molar-refractivity contribution in [3.8, 4) is 11.1 Å². The molecule has 4 aliphatic carbocycles. The van der Waals surface area contributed by atoms with E-state index in [2.05, 4.69) is 187 Å². The van der Waals surface area contributed by atoms with Crippen LogP contribution in [0, 0.1) is 0 Å². The zero-order valence-corrected chi connectivity index (χ0v) is 33.9. The molecule has 0 heterocycles. The van der Waals surface area contributed by atoms with Crippen molar-refractivity contribution in [3.63, 3.8) is 0 Å². The normalized spacial score (nSPS) is 18.7. The molecule has 7 aromatic carbocycles. The third-order valence-corrected chi connectivity index (χ3v) is 14.5. The van der Waals surface area contributed by atoms with Crippen molar-refractivity contribution in [1.29, 1.82) is 0 Å². The highest BCUT2D eigenvalue weighted by atomic mass is 15.1. The van der Waals surface area contributed by atoms with Crippen LogP contribution in [0.25, 0.3) is 11.1 Å². The fourth-order valence-electron chi connectivity index (χ4n) is 11.5. The Morgan fingerprint density at radius 1 is 0.414 bits per heavy atom. The smallest absolute Gasteiger partial charge is 0.0465 e. The number of hydrogen-bond donors (Lipinski definition) is 0. The summed E-state index contributed by atoms with van der Waals surface area (Å²) in [5.41, 5.74) is 20.3. The first-order valence-corrected chi connectivity index (χ1v) is 21.8. The Balaban J connectivity index is 1.03. The van der Waals surface area contributed by atoms with Crippen LogP contribution in [-0.4, -0.2) is 0 Å². The van der Waals surface area contributed by atoms with Crippen LogP contribution in [-0.2, 0) is 23.7 Å². The molecular weight excluding hydrogens is 701 g/mol. The van der Waals surface area contributed by atoms with Crippen molar-refractivity contribution in [1.82, 2.24) is 0 Å². The molecule has 1 spiro atoms. The van der Waals surface area contributed by atoms with Crippen LogP contribution in [0.5, 0.6) is 0 Å². The second-order valence-corrected chi connectivity index (χ2v) is 17.9. The molecule has 4 aliphatic rings. The van der Waals surface area contributed by atoms with Gasteiger partial charge in [-0.25, -0.2) is 0 Å². The fraction of sp³-hybridized carbons (Fsp3) is 0.250. The van der Waals surface area contributed by atoms with E-state index in [-0.39, 0.29) is 10.8 Å². The Morgan fingerprint density at radius 2 is 0.879 bits per heavy atom. The molecule has 2 nitrogen and oxygen atoms in total. The molecule has 0 saturated heterocycles. The summed E-state index contributed by atoms with van der Waals surface area (Å²) in [5, 5.41) is 0. The Kier molecular flexibility index (Phi) is 8.47. The van der Waals surface area contributed by atoms with Crippen LogP contribution < -0.4 is 9.80 Å². The minimum atomic E-state index is -0.0704. The molecule has 0 bridgehead atoms. The minimum Gasteiger partial charge on any atom is -0.310 e. The van der Waals surface area contributed by atoms with Gasteiger partial charge in [0.15, 0.2) is 0 Å². The van der Waals surface area contributed by atoms with E-state index < -0.39 is 0 Å². The van der Waals surface area contributed by atoms with E-state index in [1.165, 1.54) is 116 Å². The van der Waals surface area contributed by atoms with Gasteiger partial charge in [0.05, 0.1) is 0 Å². The van der Waals surface area contributed by atoms with Gasteiger partial charge >= 0.3 is 0 Å². The number of hydrogen-bond acceptors (Lipinski definition) is 2. The lowest BCUT2D eigenvalue weighted by Crippen LogP contribution is -2.22. The van der Waals surface area contributed by atoms with Crippen molar-refractivity contribution in [2.45, 2.75) is 88.4 Å². The Morgan fingerprint density at radius 3 is 1.48 bits per heavy atom. The van der Waals surface area contributed by atoms with Crippen LogP contribution in [0.4, 0.5) is 34.1 Å². The molecule has 58 heavy (non-hydrogen) atoms. The van der Waals surface area contributed by atoms with Crippen LogP contribution in [0.3, 0.4) is 0 Å². The summed E-state index contributed by atoms with van der Waals surface area (Å²) in [4.78, 5) is 4.97. The van der Waals surface area contributed by atoms with E-state index >= 15 is 0 Å². The summed E-state index contributed by atoms with van der Waals surface area (Å²) in [5.74, 6) is 0.683. The second kappa shape index (κ2) is 13.9. The van der Waals surface area contributed by atoms with Crippen molar-refractivity contribution >= 4 is 34.1 Å². The van der Waals surface area contributed by atoms with E-state index in [0.717, 1.165) is 25.7 Å². The average molecular weight is 753 g/mol. The highest BCUT2D eigenvalue weighted by molar-refractivity contribution is 5.86. The number of aryl methyl sites for hydroxylation is 2. The number of benzene rings is 7. The van der Waals surface area contributed by atoms with Crippen molar-refractivity contribution in [3.05, 3.63) is 203 Å². The molecule has 0 aliphatic heterocycles. The van der Waals surface area contributed by atoms with E-state index in [9.17, 15) is 0 Å². The number of para-hydroxylation sites is 2. The van der Waals surface area contributed by atoms with Crippen LogP contribution >= 0.6 is 0 Å². The van der Waals surface area contributed by atoms with Gasteiger partial charge in [-0.1, -0.05) is 124 Å². The van der Waals surface area contributed by atoms with Gasteiger partial charge < -0.3 is 9.80 Å². The van der Waals surface area contributed by atoms with Gasteiger partial charge in [-0.05, 0) is 167 Å². The van der Waals surface area contributed by atoms with Gasteiger partial charge in [0.25, 0.3) is 0 Å². The van der Waals surface area contributed by atoms with Gasteiger partial charge in [0, 0.05) is 45.0 Å². The first-order valence-electron chi connectivity index (χ1n) is 21.8. The lowest BCUT2D eigenvalue weighted by Gasteiger charge is -2.32. The van der Waals surface area contributed by atoms with Crippen LogP contribution in [0.1, 0.15) is 104 Å². The largest absolute Gasteiger partial charge is 0.310 e. The summed E-state index contributed by atoms with van der Waals surface area (Å²) >= 11 is 0. The summed E-state index contributed by atoms with van der Waals surface area (Å²) < 4.78 is 0. The molecule has 0 N–H and O–H groups in total. The van der Waals surface area contributed by atoms with Gasteiger partial charge in [-0.15, -0.1) is 0 Å². The first-order chi connectivity index (χ1) is 28.5. The second-order valence-electron chi connectivity index (χ2n) is 17.9. The lowest BCUT2D eigenvalue weighted by atomic mass is 9.76. The Bertz CT molecular complexity index is 2590. The molecule has 0 radical (unpaired) electrons. The predicted molar refractivity (Wildman–Crippen MR) is 243 cm³/mol. The summed E-state index contributed by atoms with van der Waals surface area (Å²) in [6, 6.07) is 62.3. The highest BCUT2D eigenvalue weighted by Gasteiger charge is 2.45. The topological polar surface area (TPSA) is 6.48 Å². The molecular formula is C56H52N2. The molecule has 2 heteroatoms. The van der Waals surface area contributed by atoms with E-state index in [4.69, 9.17) is 0 Å². The lowest BCUT2D eigenvalue weighted by molar-refractivity contribution is 0.443.